The monoisotopic (exact) mass is 350 g/mol. The molecule has 1 N–H and O–H groups in total. The molecule has 124 valence electrons. The van der Waals surface area contributed by atoms with Crippen LogP contribution in [0.3, 0.4) is 0 Å². The second-order valence-electron chi connectivity index (χ2n) is 5.77. The van der Waals surface area contributed by atoms with Crippen molar-refractivity contribution >= 4 is 17.4 Å². The third kappa shape index (κ3) is 2.61. The molecular formula is C19H15ClN4O. The maximum absolute atomic E-state index is 8.98. The second-order valence-corrected chi connectivity index (χ2v) is 6.20. The standard InChI is InChI=1S/C19H15ClN4O/c1-25-17-7-4-13(20)10-16(17)18-15-8-9-22-19(15)24(23-18)14-5-2-12(11-21)3-6-14/h2-7,10,22H,8-9H2,1H3. The summed E-state index contributed by atoms with van der Waals surface area (Å²) in [6, 6.07) is 15.0. The fraction of sp³-hybridized carbons (Fsp3) is 0.158. The van der Waals surface area contributed by atoms with Gasteiger partial charge < -0.3 is 10.1 Å². The molecule has 25 heavy (non-hydrogen) atoms. The average Bonchev–Trinajstić information content (AvgIpc) is 3.24. The highest BCUT2D eigenvalue weighted by Gasteiger charge is 2.25. The SMILES string of the molecule is COc1ccc(Cl)cc1-c1nn(-c2ccc(C#N)cc2)c2c1CCN2. The Balaban J connectivity index is 1.89. The number of ether oxygens (including phenoxy) is 1. The molecule has 0 unspecified atom stereocenters. The maximum atomic E-state index is 8.98. The van der Waals surface area contributed by atoms with Crippen LogP contribution in [-0.2, 0) is 6.42 Å². The van der Waals surface area contributed by atoms with E-state index < -0.39 is 0 Å². The molecule has 1 aliphatic rings. The molecule has 0 atom stereocenters. The highest BCUT2D eigenvalue weighted by atomic mass is 35.5. The van der Waals surface area contributed by atoms with Gasteiger partial charge in [-0.3, -0.25) is 0 Å². The minimum atomic E-state index is 0.622. The Kier molecular flexibility index (Phi) is 3.83. The predicted octanol–water partition coefficient (Wildman–Crippen LogP) is 4.04. The van der Waals surface area contributed by atoms with Crippen LogP contribution >= 0.6 is 11.6 Å². The quantitative estimate of drug-likeness (QED) is 0.774. The van der Waals surface area contributed by atoms with Gasteiger partial charge in [-0.15, -0.1) is 0 Å². The Hall–Kier alpha value is -2.97. The summed E-state index contributed by atoms with van der Waals surface area (Å²) in [5, 5.41) is 17.8. The van der Waals surface area contributed by atoms with E-state index in [1.165, 1.54) is 0 Å². The number of hydrogen-bond acceptors (Lipinski definition) is 4. The van der Waals surface area contributed by atoms with Crippen molar-refractivity contribution in [3.05, 3.63) is 58.6 Å². The highest BCUT2D eigenvalue weighted by molar-refractivity contribution is 6.31. The summed E-state index contributed by atoms with van der Waals surface area (Å²) in [4.78, 5) is 0. The molecule has 1 aliphatic heterocycles. The average molecular weight is 351 g/mol. The first-order valence-corrected chi connectivity index (χ1v) is 8.29. The Labute approximate surface area is 150 Å². The van der Waals surface area contributed by atoms with E-state index in [0.717, 1.165) is 47.0 Å². The maximum Gasteiger partial charge on any atom is 0.133 e. The van der Waals surface area contributed by atoms with Gasteiger partial charge in [0.2, 0.25) is 0 Å². The number of aromatic nitrogens is 2. The molecule has 1 aromatic heterocycles. The number of methoxy groups -OCH3 is 1. The summed E-state index contributed by atoms with van der Waals surface area (Å²) in [5.41, 5.74) is 4.41. The third-order valence-electron chi connectivity index (χ3n) is 4.31. The topological polar surface area (TPSA) is 62.9 Å². The molecular weight excluding hydrogens is 336 g/mol. The molecule has 0 aliphatic carbocycles. The number of fused-ring (bicyclic) bond motifs is 1. The number of nitrogens with one attached hydrogen (secondary N) is 1. The van der Waals surface area contributed by atoms with Gasteiger partial charge in [0.1, 0.15) is 17.3 Å². The smallest absolute Gasteiger partial charge is 0.133 e. The van der Waals surface area contributed by atoms with E-state index >= 15 is 0 Å². The van der Waals surface area contributed by atoms with E-state index in [4.69, 9.17) is 26.7 Å². The first-order chi connectivity index (χ1) is 12.2. The first kappa shape index (κ1) is 15.6. The van der Waals surface area contributed by atoms with Gasteiger partial charge >= 0.3 is 0 Å². The number of rotatable bonds is 3. The van der Waals surface area contributed by atoms with E-state index in [9.17, 15) is 0 Å². The molecule has 6 heteroatoms. The van der Waals surface area contributed by atoms with Crippen LogP contribution < -0.4 is 10.1 Å². The Morgan fingerprint density at radius 3 is 2.76 bits per heavy atom. The first-order valence-electron chi connectivity index (χ1n) is 7.91. The zero-order valence-electron chi connectivity index (χ0n) is 13.6. The zero-order valence-corrected chi connectivity index (χ0v) is 14.3. The van der Waals surface area contributed by atoms with Gasteiger partial charge in [0, 0.05) is 22.7 Å². The zero-order chi connectivity index (χ0) is 17.4. The van der Waals surface area contributed by atoms with Crippen LogP contribution in [0.25, 0.3) is 16.9 Å². The van der Waals surface area contributed by atoms with Crippen molar-refractivity contribution in [2.24, 2.45) is 0 Å². The van der Waals surface area contributed by atoms with Crippen molar-refractivity contribution in [2.75, 3.05) is 19.0 Å². The number of benzene rings is 2. The summed E-state index contributed by atoms with van der Waals surface area (Å²) in [6.45, 7) is 0.860. The number of nitrogens with zero attached hydrogens (tertiary/aromatic N) is 3. The molecule has 0 bridgehead atoms. The largest absolute Gasteiger partial charge is 0.496 e. The summed E-state index contributed by atoms with van der Waals surface area (Å²) in [5.74, 6) is 1.71. The van der Waals surface area contributed by atoms with Crippen LogP contribution in [0.2, 0.25) is 5.02 Å². The van der Waals surface area contributed by atoms with Gasteiger partial charge in [0.25, 0.3) is 0 Å². The molecule has 2 heterocycles. The summed E-state index contributed by atoms with van der Waals surface area (Å²) >= 11 is 6.20. The van der Waals surface area contributed by atoms with Crippen molar-refractivity contribution in [2.45, 2.75) is 6.42 Å². The normalized spacial score (nSPS) is 12.4. The Bertz CT molecular complexity index is 986. The lowest BCUT2D eigenvalue weighted by Crippen LogP contribution is -2.04. The minimum Gasteiger partial charge on any atom is -0.496 e. The van der Waals surface area contributed by atoms with E-state index in [1.807, 2.05) is 28.9 Å². The van der Waals surface area contributed by atoms with Gasteiger partial charge in [0.15, 0.2) is 0 Å². The van der Waals surface area contributed by atoms with Gasteiger partial charge in [-0.05, 0) is 48.9 Å². The minimum absolute atomic E-state index is 0.622. The fourth-order valence-corrected chi connectivity index (χ4v) is 3.29. The molecule has 0 amide bonds. The van der Waals surface area contributed by atoms with E-state index in [2.05, 4.69) is 11.4 Å². The molecule has 5 nitrogen and oxygen atoms in total. The molecule has 2 aromatic carbocycles. The molecule has 0 saturated carbocycles. The summed E-state index contributed by atoms with van der Waals surface area (Å²) < 4.78 is 7.37. The fourth-order valence-electron chi connectivity index (χ4n) is 3.12. The predicted molar refractivity (Wildman–Crippen MR) is 97.5 cm³/mol. The lowest BCUT2D eigenvalue weighted by Gasteiger charge is -2.08. The number of anilines is 1. The van der Waals surface area contributed by atoms with E-state index in [-0.39, 0.29) is 0 Å². The van der Waals surface area contributed by atoms with Gasteiger partial charge in [-0.25, -0.2) is 4.68 Å². The molecule has 0 saturated heterocycles. The number of hydrogen-bond donors (Lipinski definition) is 1. The van der Waals surface area contributed by atoms with Crippen LogP contribution in [0.5, 0.6) is 5.75 Å². The van der Waals surface area contributed by atoms with Crippen molar-refractivity contribution in [3.63, 3.8) is 0 Å². The molecule has 0 spiro atoms. The van der Waals surface area contributed by atoms with E-state index in [1.54, 1.807) is 25.3 Å². The molecule has 0 radical (unpaired) electrons. The lowest BCUT2D eigenvalue weighted by molar-refractivity contribution is 0.416. The van der Waals surface area contributed by atoms with Gasteiger partial charge in [0.05, 0.1) is 24.4 Å². The molecule has 3 aromatic rings. The second kappa shape index (κ2) is 6.15. The van der Waals surface area contributed by atoms with Crippen LogP contribution in [-0.4, -0.2) is 23.4 Å². The highest BCUT2D eigenvalue weighted by Crippen LogP contribution is 2.39. The van der Waals surface area contributed by atoms with Crippen LogP contribution in [0.15, 0.2) is 42.5 Å². The Morgan fingerprint density at radius 2 is 2.04 bits per heavy atom. The van der Waals surface area contributed by atoms with Gasteiger partial charge in [-0.1, -0.05) is 11.6 Å². The van der Waals surface area contributed by atoms with Crippen molar-refractivity contribution in [1.29, 1.82) is 5.26 Å². The third-order valence-corrected chi connectivity index (χ3v) is 4.54. The Morgan fingerprint density at radius 1 is 1.24 bits per heavy atom. The van der Waals surface area contributed by atoms with Crippen LogP contribution in [0.4, 0.5) is 5.82 Å². The number of nitriles is 1. The number of halogens is 1. The van der Waals surface area contributed by atoms with Crippen molar-refractivity contribution in [3.8, 4) is 28.8 Å². The van der Waals surface area contributed by atoms with E-state index in [0.29, 0.717) is 10.6 Å². The summed E-state index contributed by atoms with van der Waals surface area (Å²) in [7, 11) is 1.64. The summed E-state index contributed by atoms with van der Waals surface area (Å²) in [6.07, 6.45) is 0.886. The molecule has 4 rings (SSSR count). The molecule has 0 fully saturated rings. The van der Waals surface area contributed by atoms with Crippen LogP contribution in [0, 0.1) is 11.3 Å². The van der Waals surface area contributed by atoms with Gasteiger partial charge in [-0.2, -0.15) is 10.4 Å². The van der Waals surface area contributed by atoms with Crippen molar-refractivity contribution < 1.29 is 4.74 Å². The van der Waals surface area contributed by atoms with Crippen LogP contribution in [0.1, 0.15) is 11.1 Å². The lowest BCUT2D eigenvalue weighted by atomic mass is 10.1. The van der Waals surface area contributed by atoms with Crippen molar-refractivity contribution in [1.82, 2.24) is 9.78 Å².